The van der Waals surface area contributed by atoms with Crippen molar-refractivity contribution in [3.05, 3.63) is 94.6 Å². The summed E-state index contributed by atoms with van der Waals surface area (Å²) in [5.74, 6) is -0.454. The number of anilines is 1. The fourth-order valence-corrected chi connectivity index (χ4v) is 3.97. The number of aryl methyl sites for hydroxylation is 1. The molecular formula is C27H23ClN2O5. The van der Waals surface area contributed by atoms with Crippen molar-refractivity contribution < 1.29 is 24.0 Å². The van der Waals surface area contributed by atoms with Crippen LogP contribution in [0.2, 0.25) is 5.02 Å². The summed E-state index contributed by atoms with van der Waals surface area (Å²) in [6.07, 6.45) is -1.21. The van der Waals surface area contributed by atoms with Crippen molar-refractivity contribution in [2.24, 2.45) is 0 Å². The number of rotatable bonds is 7. The number of hydrogen-bond donors (Lipinski definition) is 2. The zero-order valence-electron chi connectivity index (χ0n) is 19.1. The van der Waals surface area contributed by atoms with Gasteiger partial charge in [-0.3, -0.25) is 10.1 Å². The van der Waals surface area contributed by atoms with Crippen LogP contribution in [0.1, 0.15) is 29.8 Å². The summed E-state index contributed by atoms with van der Waals surface area (Å²) < 4.78 is 11.0. The van der Waals surface area contributed by atoms with Crippen LogP contribution in [0.4, 0.5) is 10.5 Å². The molecule has 4 rings (SSSR count). The van der Waals surface area contributed by atoms with Gasteiger partial charge in [-0.05, 0) is 36.6 Å². The first kappa shape index (κ1) is 24.0. The molecule has 0 bridgehead atoms. The van der Waals surface area contributed by atoms with Crippen LogP contribution in [0.15, 0.2) is 77.3 Å². The van der Waals surface area contributed by atoms with Gasteiger partial charge in [-0.25, -0.2) is 4.79 Å². The van der Waals surface area contributed by atoms with Crippen LogP contribution in [-0.4, -0.2) is 22.3 Å². The molecule has 4 aromatic rings. The molecule has 7 nitrogen and oxygen atoms in total. The van der Waals surface area contributed by atoms with Crippen LogP contribution >= 0.6 is 11.6 Å². The monoisotopic (exact) mass is 490 g/mol. The summed E-state index contributed by atoms with van der Waals surface area (Å²) in [4.78, 5) is 23.5. The topological polar surface area (TPSA) is 102 Å². The highest BCUT2D eigenvalue weighted by Crippen LogP contribution is 2.33. The first-order valence-corrected chi connectivity index (χ1v) is 11.3. The van der Waals surface area contributed by atoms with Crippen molar-refractivity contribution in [3.63, 3.8) is 0 Å². The van der Waals surface area contributed by atoms with Crippen LogP contribution in [0.5, 0.6) is 0 Å². The number of ether oxygens (including phenoxy) is 1. The van der Waals surface area contributed by atoms with Gasteiger partial charge in [0.1, 0.15) is 17.5 Å². The van der Waals surface area contributed by atoms with E-state index in [0.717, 1.165) is 22.3 Å². The number of nitrogens with zero attached hydrogens (tertiary/aromatic N) is 1. The summed E-state index contributed by atoms with van der Waals surface area (Å²) in [6, 6.07) is 22.1. The molecule has 0 fully saturated rings. The van der Waals surface area contributed by atoms with Gasteiger partial charge in [0.15, 0.2) is 5.76 Å². The van der Waals surface area contributed by atoms with Crippen molar-refractivity contribution in [1.82, 2.24) is 5.16 Å². The third kappa shape index (κ3) is 5.70. The molecule has 3 aromatic carbocycles. The van der Waals surface area contributed by atoms with Gasteiger partial charge in [-0.1, -0.05) is 83.5 Å². The second-order valence-electron chi connectivity index (χ2n) is 8.01. The Morgan fingerprint density at radius 1 is 1.00 bits per heavy atom. The van der Waals surface area contributed by atoms with Crippen molar-refractivity contribution in [1.29, 1.82) is 0 Å². The van der Waals surface area contributed by atoms with E-state index in [-0.39, 0.29) is 6.42 Å². The average Bonchev–Trinajstić information content (AvgIpc) is 3.19. The molecule has 35 heavy (non-hydrogen) atoms. The van der Waals surface area contributed by atoms with Crippen LogP contribution in [0, 0.1) is 6.92 Å². The predicted molar refractivity (Wildman–Crippen MR) is 133 cm³/mol. The Balaban J connectivity index is 1.48. The number of carboxylic acid groups (broad SMARTS) is 1. The van der Waals surface area contributed by atoms with Crippen LogP contribution in [0.25, 0.3) is 22.5 Å². The quantitative estimate of drug-likeness (QED) is 0.292. The number of carboxylic acids is 1. The Morgan fingerprint density at radius 3 is 2.23 bits per heavy atom. The van der Waals surface area contributed by atoms with Gasteiger partial charge >= 0.3 is 12.1 Å². The smallest absolute Gasteiger partial charge is 0.412 e. The molecule has 0 radical (unpaired) electrons. The normalized spacial score (nSPS) is 11.6. The van der Waals surface area contributed by atoms with Crippen LogP contribution in [-0.2, 0) is 16.0 Å². The van der Waals surface area contributed by atoms with E-state index in [4.69, 9.17) is 26.0 Å². The fraction of sp³-hybridized carbons (Fsp3) is 0.148. The number of nitrogens with one attached hydrogen (secondary N) is 1. The van der Waals surface area contributed by atoms with E-state index in [1.165, 1.54) is 0 Å². The lowest BCUT2D eigenvalue weighted by Gasteiger charge is -2.15. The third-order valence-electron chi connectivity index (χ3n) is 5.51. The lowest BCUT2D eigenvalue weighted by molar-refractivity contribution is -0.136. The number of carbonyl (C=O) groups is 2. The van der Waals surface area contributed by atoms with Gasteiger partial charge in [-0.15, -0.1) is 0 Å². The van der Waals surface area contributed by atoms with Crippen molar-refractivity contribution in [2.75, 3.05) is 5.32 Å². The maximum atomic E-state index is 12.6. The molecule has 1 amide bonds. The molecule has 1 atom stereocenters. The molecule has 0 aliphatic heterocycles. The molecule has 0 aliphatic carbocycles. The highest BCUT2D eigenvalue weighted by atomic mass is 35.5. The minimum absolute atomic E-state index is 0.0144. The van der Waals surface area contributed by atoms with Gasteiger partial charge in [0.05, 0.1) is 6.42 Å². The molecule has 0 spiro atoms. The summed E-state index contributed by atoms with van der Waals surface area (Å²) in [5.41, 5.74) is 5.02. The third-order valence-corrected chi connectivity index (χ3v) is 5.85. The zero-order valence-corrected chi connectivity index (χ0v) is 19.9. The van der Waals surface area contributed by atoms with Crippen molar-refractivity contribution in [2.45, 2.75) is 26.4 Å². The highest BCUT2D eigenvalue weighted by Gasteiger charge is 2.20. The van der Waals surface area contributed by atoms with E-state index in [2.05, 4.69) is 10.5 Å². The lowest BCUT2D eigenvalue weighted by Crippen LogP contribution is -2.17. The minimum atomic E-state index is -0.865. The number of aromatic nitrogens is 1. The minimum Gasteiger partial charge on any atom is -0.481 e. The lowest BCUT2D eigenvalue weighted by atomic mass is 10.0. The van der Waals surface area contributed by atoms with Gasteiger partial charge in [0.25, 0.3) is 0 Å². The number of benzene rings is 3. The Kier molecular flexibility index (Phi) is 7.17. The summed E-state index contributed by atoms with van der Waals surface area (Å²) >= 11 is 6.20. The number of hydrogen-bond acceptors (Lipinski definition) is 5. The Morgan fingerprint density at radius 2 is 1.60 bits per heavy atom. The predicted octanol–water partition coefficient (Wildman–Crippen LogP) is 6.91. The summed E-state index contributed by atoms with van der Waals surface area (Å²) in [5, 5.41) is 16.2. The van der Waals surface area contributed by atoms with E-state index in [1.807, 2.05) is 48.5 Å². The first-order valence-electron chi connectivity index (χ1n) is 10.9. The van der Waals surface area contributed by atoms with Crippen molar-refractivity contribution in [3.8, 4) is 22.5 Å². The molecule has 2 N–H and O–H groups in total. The van der Waals surface area contributed by atoms with Gasteiger partial charge in [0, 0.05) is 16.1 Å². The molecule has 0 saturated heterocycles. The summed E-state index contributed by atoms with van der Waals surface area (Å²) in [7, 11) is 0. The van der Waals surface area contributed by atoms with Gasteiger partial charge in [-0.2, -0.15) is 0 Å². The Bertz CT molecular complexity index is 1350. The number of halogens is 1. The first-order chi connectivity index (χ1) is 16.8. The summed E-state index contributed by atoms with van der Waals surface area (Å²) in [6.45, 7) is 3.47. The second kappa shape index (κ2) is 10.4. The molecule has 178 valence electrons. The number of carbonyl (C=O) groups excluding carboxylic acids is 1. The van der Waals surface area contributed by atoms with Crippen molar-refractivity contribution >= 4 is 29.4 Å². The molecular weight excluding hydrogens is 468 g/mol. The van der Waals surface area contributed by atoms with E-state index >= 15 is 0 Å². The average molecular weight is 491 g/mol. The van der Waals surface area contributed by atoms with Gasteiger partial charge < -0.3 is 14.4 Å². The van der Waals surface area contributed by atoms with Crippen LogP contribution < -0.4 is 5.32 Å². The molecule has 0 aliphatic rings. The molecule has 1 aromatic heterocycles. The SMILES string of the molecule is Cc1noc(-c2ccc(-c3ccc(CC(=O)O)cc3)cc2)c1NC(=O)O[C@@H](C)c1ccccc1Cl. The Hall–Kier alpha value is -4.10. The number of amides is 1. The van der Waals surface area contributed by atoms with E-state index in [9.17, 15) is 9.59 Å². The molecule has 1 heterocycles. The van der Waals surface area contributed by atoms with E-state index in [0.29, 0.717) is 27.7 Å². The fourth-order valence-electron chi connectivity index (χ4n) is 3.68. The maximum Gasteiger partial charge on any atom is 0.412 e. The highest BCUT2D eigenvalue weighted by molar-refractivity contribution is 6.31. The van der Waals surface area contributed by atoms with E-state index in [1.54, 1.807) is 38.1 Å². The standard InChI is InChI=1S/C27H23ClN2O5/c1-16-25(29-27(33)34-17(2)22-5-3-4-6-23(22)28)26(35-30-16)21-13-11-20(12-14-21)19-9-7-18(8-10-19)15-24(31)32/h3-14,17H,15H2,1-2H3,(H,29,33)(H,31,32)/t17-/m0/s1. The zero-order chi connectivity index (χ0) is 24.9. The second-order valence-corrected chi connectivity index (χ2v) is 8.42. The largest absolute Gasteiger partial charge is 0.481 e. The molecule has 0 saturated carbocycles. The Labute approximate surface area is 207 Å². The number of aliphatic carboxylic acids is 1. The van der Waals surface area contributed by atoms with Gasteiger partial charge in [0.2, 0.25) is 0 Å². The van der Waals surface area contributed by atoms with Crippen LogP contribution in [0.3, 0.4) is 0 Å². The molecule has 8 heteroatoms. The maximum absolute atomic E-state index is 12.6. The van der Waals surface area contributed by atoms with E-state index < -0.39 is 18.2 Å². The molecule has 0 unspecified atom stereocenters.